The molecule has 0 aliphatic carbocycles. The highest BCUT2D eigenvalue weighted by Crippen LogP contribution is 2.39. The number of fused-ring (bicyclic) bond motifs is 1. The fourth-order valence-corrected chi connectivity index (χ4v) is 4.22. The van der Waals surface area contributed by atoms with Gasteiger partial charge >= 0.3 is 6.03 Å². The summed E-state index contributed by atoms with van der Waals surface area (Å²) in [6.07, 6.45) is 0. The van der Waals surface area contributed by atoms with Gasteiger partial charge in [0.1, 0.15) is 0 Å². The SMILES string of the molecule is CC(F)(F)c1cccc2c1SCCN(C(=O)N1CCNCC1)C2. The van der Waals surface area contributed by atoms with Crippen LogP contribution in [0.2, 0.25) is 0 Å². The monoisotopic (exact) mass is 341 g/mol. The highest BCUT2D eigenvalue weighted by molar-refractivity contribution is 7.99. The van der Waals surface area contributed by atoms with Crippen LogP contribution in [0.4, 0.5) is 13.6 Å². The predicted molar refractivity (Wildman–Crippen MR) is 87.0 cm³/mol. The Morgan fingerprint density at radius 2 is 1.96 bits per heavy atom. The first-order valence-corrected chi connectivity index (χ1v) is 8.83. The van der Waals surface area contributed by atoms with Crippen molar-refractivity contribution in [2.45, 2.75) is 24.3 Å². The molecule has 1 aromatic carbocycles. The molecule has 2 amide bonds. The van der Waals surface area contributed by atoms with E-state index in [0.29, 0.717) is 36.8 Å². The summed E-state index contributed by atoms with van der Waals surface area (Å²) in [6, 6.07) is 5.00. The number of hydrogen-bond donors (Lipinski definition) is 1. The number of piperazine rings is 1. The van der Waals surface area contributed by atoms with Crippen molar-refractivity contribution in [2.24, 2.45) is 0 Å². The topological polar surface area (TPSA) is 35.6 Å². The van der Waals surface area contributed by atoms with Crippen LogP contribution in [0.1, 0.15) is 18.1 Å². The van der Waals surface area contributed by atoms with Gasteiger partial charge in [0.05, 0.1) is 0 Å². The van der Waals surface area contributed by atoms with Gasteiger partial charge in [-0.2, -0.15) is 0 Å². The van der Waals surface area contributed by atoms with Gasteiger partial charge in [0.15, 0.2) is 0 Å². The van der Waals surface area contributed by atoms with Crippen molar-refractivity contribution in [2.75, 3.05) is 38.5 Å². The number of nitrogens with one attached hydrogen (secondary N) is 1. The van der Waals surface area contributed by atoms with Crippen LogP contribution in [0.3, 0.4) is 0 Å². The van der Waals surface area contributed by atoms with E-state index >= 15 is 0 Å². The normalized spacial score (nSPS) is 19.3. The maximum Gasteiger partial charge on any atom is 0.320 e. The van der Waals surface area contributed by atoms with Crippen LogP contribution in [0.25, 0.3) is 0 Å². The minimum absolute atomic E-state index is 0.00797. The number of halogens is 2. The van der Waals surface area contributed by atoms with Crippen LogP contribution in [0.5, 0.6) is 0 Å². The molecule has 126 valence electrons. The number of hydrogen-bond acceptors (Lipinski definition) is 3. The third-order valence-corrected chi connectivity index (χ3v) is 5.35. The number of carbonyl (C=O) groups is 1. The lowest BCUT2D eigenvalue weighted by Crippen LogP contribution is -2.51. The van der Waals surface area contributed by atoms with E-state index in [1.54, 1.807) is 11.0 Å². The minimum Gasteiger partial charge on any atom is -0.322 e. The summed E-state index contributed by atoms with van der Waals surface area (Å²) in [5.74, 6) is -2.23. The average Bonchev–Trinajstić information content (AvgIpc) is 2.76. The number of amides is 2. The Hall–Kier alpha value is -1.34. The fraction of sp³-hybridized carbons (Fsp3) is 0.562. The van der Waals surface area contributed by atoms with E-state index in [1.165, 1.54) is 17.8 Å². The first kappa shape index (κ1) is 16.5. The molecule has 4 nitrogen and oxygen atoms in total. The van der Waals surface area contributed by atoms with Crippen molar-refractivity contribution < 1.29 is 13.6 Å². The summed E-state index contributed by atoms with van der Waals surface area (Å²) in [5.41, 5.74) is 0.881. The maximum atomic E-state index is 13.8. The largest absolute Gasteiger partial charge is 0.322 e. The molecule has 3 rings (SSSR count). The lowest BCUT2D eigenvalue weighted by atomic mass is 10.1. The molecule has 0 bridgehead atoms. The number of rotatable bonds is 1. The zero-order chi connectivity index (χ0) is 16.4. The highest BCUT2D eigenvalue weighted by Gasteiger charge is 2.31. The summed E-state index contributed by atoms with van der Waals surface area (Å²) in [7, 11) is 0. The van der Waals surface area contributed by atoms with Crippen LogP contribution >= 0.6 is 11.8 Å². The van der Waals surface area contributed by atoms with Crippen molar-refractivity contribution in [1.82, 2.24) is 15.1 Å². The van der Waals surface area contributed by atoms with E-state index in [9.17, 15) is 13.6 Å². The highest BCUT2D eigenvalue weighted by atomic mass is 32.2. The molecule has 2 aliphatic rings. The molecule has 1 N–H and O–H groups in total. The quantitative estimate of drug-likeness (QED) is 0.853. The molecular formula is C16H21F2N3OS. The molecule has 0 saturated carbocycles. The van der Waals surface area contributed by atoms with Crippen molar-refractivity contribution in [3.8, 4) is 0 Å². The summed E-state index contributed by atoms with van der Waals surface area (Å²) in [5, 5.41) is 3.22. The van der Waals surface area contributed by atoms with Gasteiger partial charge in [-0.15, -0.1) is 11.8 Å². The van der Waals surface area contributed by atoms with Crippen molar-refractivity contribution in [1.29, 1.82) is 0 Å². The standard InChI is InChI=1S/C16H21F2N3OS/c1-16(17,18)13-4-2-3-12-11-21(9-10-23-14(12)13)15(22)20-7-5-19-6-8-20/h2-4,19H,5-11H2,1H3. The van der Waals surface area contributed by atoms with Gasteiger partial charge in [-0.25, -0.2) is 13.6 Å². The second kappa shape index (κ2) is 6.65. The van der Waals surface area contributed by atoms with E-state index in [-0.39, 0.29) is 11.6 Å². The molecule has 0 unspecified atom stereocenters. The van der Waals surface area contributed by atoms with E-state index in [2.05, 4.69) is 5.32 Å². The summed E-state index contributed by atoms with van der Waals surface area (Å²) >= 11 is 1.43. The lowest BCUT2D eigenvalue weighted by Gasteiger charge is -2.32. The molecule has 2 aliphatic heterocycles. The van der Waals surface area contributed by atoms with Crippen LogP contribution < -0.4 is 5.32 Å². The van der Waals surface area contributed by atoms with Gasteiger partial charge in [0.25, 0.3) is 5.92 Å². The van der Waals surface area contributed by atoms with Gasteiger partial charge in [-0.1, -0.05) is 18.2 Å². The molecule has 0 radical (unpaired) electrons. The molecule has 2 heterocycles. The number of nitrogens with zero attached hydrogens (tertiary/aromatic N) is 2. The first-order valence-electron chi connectivity index (χ1n) is 7.84. The van der Waals surface area contributed by atoms with Crippen molar-refractivity contribution >= 4 is 17.8 Å². The third-order valence-electron chi connectivity index (χ3n) is 4.20. The fourth-order valence-electron chi connectivity index (χ4n) is 2.99. The van der Waals surface area contributed by atoms with Crippen molar-refractivity contribution in [3.63, 3.8) is 0 Å². The van der Waals surface area contributed by atoms with Crippen molar-refractivity contribution in [3.05, 3.63) is 29.3 Å². The van der Waals surface area contributed by atoms with Gasteiger partial charge < -0.3 is 15.1 Å². The zero-order valence-corrected chi connectivity index (χ0v) is 14.0. The summed E-state index contributed by atoms with van der Waals surface area (Å²) in [4.78, 5) is 16.9. The first-order chi connectivity index (χ1) is 11.0. The summed E-state index contributed by atoms with van der Waals surface area (Å²) < 4.78 is 27.6. The number of urea groups is 1. The molecule has 1 saturated heterocycles. The lowest BCUT2D eigenvalue weighted by molar-refractivity contribution is 0.0145. The molecule has 0 spiro atoms. The molecule has 0 atom stereocenters. The van der Waals surface area contributed by atoms with Crippen LogP contribution in [0, 0.1) is 0 Å². The average molecular weight is 341 g/mol. The van der Waals surface area contributed by atoms with Gasteiger partial charge in [-0.3, -0.25) is 0 Å². The van der Waals surface area contributed by atoms with E-state index in [1.807, 2.05) is 11.0 Å². The Labute approximate surface area is 139 Å². The van der Waals surface area contributed by atoms with Crippen LogP contribution in [0.15, 0.2) is 23.1 Å². The Bertz CT molecular complexity index is 585. The third kappa shape index (κ3) is 3.61. The van der Waals surface area contributed by atoms with Gasteiger partial charge in [0, 0.05) is 62.4 Å². The zero-order valence-electron chi connectivity index (χ0n) is 13.1. The number of alkyl halides is 2. The predicted octanol–water partition coefficient (Wildman–Crippen LogP) is 2.73. The van der Waals surface area contributed by atoms with Gasteiger partial charge in [-0.05, 0) is 5.56 Å². The smallest absolute Gasteiger partial charge is 0.320 e. The molecule has 1 aromatic rings. The Balaban J connectivity index is 1.82. The molecule has 0 aromatic heterocycles. The van der Waals surface area contributed by atoms with E-state index in [4.69, 9.17) is 0 Å². The Morgan fingerprint density at radius 1 is 1.22 bits per heavy atom. The minimum atomic E-state index is -2.87. The summed E-state index contributed by atoms with van der Waals surface area (Å²) in [6.45, 7) is 4.91. The molecule has 23 heavy (non-hydrogen) atoms. The van der Waals surface area contributed by atoms with Crippen LogP contribution in [-0.4, -0.2) is 54.3 Å². The second-order valence-corrected chi connectivity index (χ2v) is 7.08. The Morgan fingerprint density at radius 3 is 2.65 bits per heavy atom. The number of benzene rings is 1. The van der Waals surface area contributed by atoms with E-state index in [0.717, 1.165) is 25.6 Å². The van der Waals surface area contributed by atoms with E-state index < -0.39 is 5.92 Å². The Kier molecular flexibility index (Phi) is 4.77. The second-order valence-electron chi connectivity index (χ2n) is 5.97. The maximum absolute atomic E-state index is 13.8. The van der Waals surface area contributed by atoms with Crippen LogP contribution in [-0.2, 0) is 12.5 Å². The number of carbonyl (C=O) groups excluding carboxylic acids is 1. The molecule has 1 fully saturated rings. The number of thioether (sulfide) groups is 1. The molecular weight excluding hydrogens is 320 g/mol. The molecule has 7 heteroatoms. The van der Waals surface area contributed by atoms with Gasteiger partial charge in [0.2, 0.25) is 0 Å².